The lowest BCUT2D eigenvalue weighted by atomic mass is 10.1. The number of anilines is 1. The monoisotopic (exact) mass is 496 g/mol. The summed E-state index contributed by atoms with van der Waals surface area (Å²) in [5, 5.41) is 11.9. The molecule has 3 aromatic rings. The van der Waals surface area contributed by atoms with Crippen molar-refractivity contribution < 1.29 is 19.1 Å². The highest BCUT2D eigenvalue weighted by atomic mass is 32.2. The summed E-state index contributed by atoms with van der Waals surface area (Å²) in [7, 11) is 1.61. The minimum absolute atomic E-state index is 0.0527. The zero-order valence-corrected chi connectivity index (χ0v) is 21.8. The lowest BCUT2D eigenvalue weighted by Crippen LogP contribution is -2.23. The number of hydrogen-bond donors (Lipinski definition) is 1. The second kappa shape index (κ2) is 11.9. The summed E-state index contributed by atoms with van der Waals surface area (Å²) in [6.45, 7) is 10.2. The number of ketones is 1. The van der Waals surface area contributed by atoms with Crippen LogP contribution in [0.1, 0.15) is 56.9 Å². The summed E-state index contributed by atoms with van der Waals surface area (Å²) in [5.74, 6) is 2.17. The predicted molar refractivity (Wildman–Crippen MR) is 137 cm³/mol. The number of nitrogens with one attached hydrogen (secondary N) is 1. The highest BCUT2D eigenvalue weighted by molar-refractivity contribution is 8.00. The molecule has 0 aliphatic heterocycles. The van der Waals surface area contributed by atoms with Crippen LogP contribution in [0.15, 0.2) is 53.7 Å². The molecule has 0 fully saturated rings. The van der Waals surface area contributed by atoms with Gasteiger partial charge >= 0.3 is 0 Å². The number of ether oxygens (including phenoxy) is 2. The zero-order valence-electron chi connectivity index (χ0n) is 20.9. The van der Waals surface area contributed by atoms with E-state index in [1.165, 1.54) is 18.7 Å². The first-order valence-corrected chi connectivity index (χ1v) is 12.4. The van der Waals surface area contributed by atoms with Gasteiger partial charge in [-0.15, -0.1) is 10.2 Å². The van der Waals surface area contributed by atoms with Crippen LogP contribution in [0.4, 0.5) is 5.69 Å². The molecule has 1 N–H and O–H groups in total. The first-order chi connectivity index (χ1) is 16.7. The van der Waals surface area contributed by atoms with E-state index in [-0.39, 0.29) is 17.8 Å². The Morgan fingerprint density at radius 3 is 2.43 bits per heavy atom. The highest BCUT2D eigenvalue weighted by Crippen LogP contribution is 2.29. The van der Waals surface area contributed by atoms with Crippen molar-refractivity contribution >= 4 is 29.1 Å². The van der Waals surface area contributed by atoms with Gasteiger partial charge in [-0.1, -0.05) is 43.8 Å². The van der Waals surface area contributed by atoms with Crippen molar-refractivity contribution in [2.24, 2.45) is 5.92 Å². The summed E-state index contributed by atoms with van der Waals surface area (Å²) >= 11 is 1.34. The Morgan fingerprint density at radius 1 is 1.03 bits per heavy atom. The first-order valence-electron chi connectivity index (χ1n) is 11.5. The molecule has 1 heterocycles. The van der Waals surface area contributed by atoms with E-state index in [2.05, 4.69) is 29.4 Å². The molecule has 186 valence electrons. The number of hydrogen-bond acceptors (Lipinski definition) is 7. The summed E-state index contributed by atoms with van der Waals surface area (Å²) in [5.41, 5.74) is 1.13. The molecule has 2 aromatic carbocycles. The third-order valence-electron chi connectivity index (χ3n) is 5.20. The largest absolute Gasteiger partial charge is 0.497 e. The fourth-order valence-electron chi connectivity index (χ4n) is 3.43. The van der Waals surface area contributed by atoms with E-state index in [1.807, 2.05) is 42.7 Å². The highest BCUT2D eigenvalue weighted by Gasteiger charge is 2.24. The van der Waals surface area contributed by atoms with Crippen molar-refractivity contribution in [3.05, 3.63) is 59.9 Å². The second-order valence-corrected chi connectivity index (χ2v) is 9.98. The van der Waals surface area contributed by atoms with E-state index in [4.69, 9.17) is 9.47 Å². The number of Topliss-reactive ketones (excluding diaryl/α,β-unsaturated/α-hetero) is 1. The van der Waals surface area contributed by atoms with Gasteiger partial charge in [-0.05, 0) is 51.0 Å². The topological polar surface area (TPSA) is 95.3 Å². The molecule has 0 aliphatic carbocycles. The molecule has 1 aromatic heterocycles. The van der Waals surface area contributed by atoms with Gasteiger partial charge in [0.25, 0.3) is 0 Å². The SMILES string of the molecule is COc1cccc(OC(C)c2nnc(SC(C)C(=O)Nc3cccc(C(C)=O)c3)n2CC(C)C)c1. The van der Waals surface area contributed by atoms with Gasteiger partial charge in [-0.3, -0.25) is 9.59 Å². The maximum Gasteiger partial charge on any atom is 0.237 e. The van der Waals surface area contributed by atoms with Crippen LogP contribution in [0.5, 0.6) is 11.5 Å². The lowest BCUT2D eigenvalue weighted by Gasteiger charge is -2.19. The van der Waals surface area contributed by atoms with Gasteiger partial charge < -0.3 is 19.4 Å². The summed E-state index contributed by atoms with van der Waals surface area (Å²) in [6.07, 6.45) is -0.360. The number of methoxy groups -OCH3 is 1. The van der Waals surface area contributed by atoms with Crippen LogP contribution >= 0.6 is 11.8 Å². The average Bonchev–Trinajstić information content (AvgIpc) is 3.20. The van der Waals surface area contributed by atoms with Crippen LogP contribution in [0, 0.1) is 5.92 Å². The molecule has 0 saturated carbocycles. The van der Waals surface area contributed by atoms with E-state index in [1.54, 1.807) is 31.4 Å². The van der Waals surface area contributed by atoms with Crippen LogP contribution in [-0.4, -0.2) is 38.8 Å². The average molecular weight is 497 g/mol. The number of carbonyl (C=O) groups is 2. The number of aromatic nitrogens is 3. The fourth-order valence-corrected chi connectivity index (χ4v) is 4.29. The minimum atomic E-state index is -0.437. The van der Waals surface area contributed by atoms with Gasteiger partial charge in [0.15, 0.2) is 22.9 Å². The van der Waals surface area contributed by atoms with Crippen molar-refractivity contribution in [3.8, 4) is 11.5 Å². The van der Waals surface area contributed by atoms with E-state index in [9.17, 15) is 9.59 Å². The quantitative estimate of drug-likeness (QED) is 0.280. The Kier molecular flexibility index (Phi) is 8.92. The van der Waals surface area contributed by atoms with Crippen molar-refractivity contribution in [3.63, 3.8) is 0 Å². The Labute approximate surface area is 210 Å². The molecule has 0 bridgehead atoms. The van der Waals surface area contributed by atoms with Gasteiger partial charge in [-0.2, -0.15) is 0 Å². The zero-order chi connectivity index (χ0) is 25.5. The summed E-state index contributed by atoms with van der Waals surface area (Å²) in [4.78, 5) is 24.5. The van der Waals surface area contributed by atoms with Gasteiger partial charge in [-0.25, -0.2) is 0 Å². The Balaban J connectivity index is 1.75. The second-order valence-electron chi connectivity index (χ2n) is 8.67. The van der Waals surface area contributed by atoms with E-state index < -0.39 is 5.25 Å². The molecule has 0 radical (unpaired) electrons. The van der Waals surface area contributed by atoms with Crippen molar-refractivity contribution in [1.82, 2.24) is 14.8 Å². The van der Waals surface area contributed by atoms with Crippen molar-refractivity contribution in [2.45, 2.75) is 57.7 Å². The molecule has 9 heteroatoms. The molecule has 8 nitrogen and oxygen atoms in total. The van der Waals surface area contributed by atoms with Crippen molar-refractivity contribution in [2.75, 3.05) is 12.4 Å². The maximum absolute atomic E-state index is 12.9. The Morgan fingerprint density at radius 2 is 1.74 bits per heavy atom. The minimum Gasteiger partial charge on any atom is -0.497 e. The van der Waals surface area contributed by atoms with Crippen LogP contribution in [0.2, 0.25) is 0 Å². The standard InChI is InChI=1S/C26H32N4O4S/c1-16(2)15-30-24(18(4)34-23-12-8-11-22(14-23)33-6)28-29-26(30)35-19(5)25(32)27-21-10-7-9-20(13-21)17(3)31/h7-14,16,18-19H,15H2,1-6H3,(H,27,32). The predicted octanol–water partition coefficient (Wildman–Crippen LogP) is 5.40. The van der Waals surface area contributed by atoms with E-state index >= 15 is 0 Å². The van der Waals surface area contributed by atoms with Gasteiger partial charge in [0.05, 0.1) is 12.4 Å². The Hall–Kier alpha value is -3.33. The molecular weight excluding hydrogens is 464 g/mol. The van der Waals surface area contributed by atoms with E-state index in [0.717, 1.165) is 0 Å². The number of amides is 1. The molecule has 2 atom stereocenters. The number of nitrogens with zero attached hydrogens (tertiary/aromatic N) is 3. The summed E-state index contributed by atoms with van der Waals surface area (Å²) < 4.78 is 13.4. The van der Waals surface area contributed by atoms with E-state index in [0.29, 0.717) is 46.2 Å². The lowest BCUT2D eigenvalue weighted by molar-refractivity contribution is -0.115. The van der Waals surface area contributed by atoms with Crippen LogP contribution in [-0.2, 0) is 11.3 Å². The Bertz CT molecular complexity index is 1180. The maximum atomic E-state index is 12.9. The fraction of sp³-hybridized carbons (Fsp3) is 0.385. The van der Waals surface area contributed by atoms with Gasteiger partial charge in [0, 0.05) is 23.9 Å². The van der Waals surface area contributed by atoms with Crippen LogP contribution in [0.25, 0.3) is 0 Å². The van der Waals surface area contributed by atoms with Crippen molar-refractivity contribution in [1.29, 1.82) is 0 Å². The number of rotatable bonds is 11. The molecule has 1 amide bonds. The molecule has 3 rings (SSSR count). The smallest absolute Gasteiger partial charge is 0.237 e. The molecular formula is C26H32N4O4S. The molecule has 0 aliphatic rings. The normalized spacial score (nSPS) is 12.8. The molecule has 2 unspecified atom stereocenters. The number of carbonyl (C=O) groups excluding carboxylic acids is 2. The van der Waals surface area contributed by atoms with Gasteiger partial charge in [0.2, 0.25) is 5.91 Å². The number of benzene rings is 2. The molecule has 35 heavy (non-hydrogen) atoms. The first kappa shape index (κ1) is 26.3. The van der Waals surface area contributed by atoms with Gasteiger partial charge in [0.1, 0.15) is 11.5 Å². The third-order valence-corrected chi connectivity index (χ3v) is 6.28. The van der Waals surface area contributed by atoms with Crippen LogP contribution < -0.4 is 14.8 Å². The summed E-state index contributed by atoms with van der Waals surface area (Å²) in [6, 6.07) is 14.3. The van der Waals surface area contributed by atoms with Crippen LogP contribution in [0.3, 0.4) is 0 Å². The number of thioether (sulfide) groups is 1. The third kappa shape index (κ3) is 7.08. The molecule has 0 saturated heterocycles. The molecule has 0 spiro atoms.